The smallest absolute Gasteiger partial charge is 0.339 e. The fourth-order valence-corrected chi connectivity index (χ4v) is 4.84. The van der Waals surface area contributed by atoms with Crippen LogP contribution in [0.2, 0.25) is 0 Å². The van der Waals surface area contributed by atoms with Crippen LogP contribution in [0.15, 0.2) is 72.8 Å². The van der Waals surface area contributed by atoms with Gasteiger partial charge in [0, 0.05) is 17.5 Å². The van der Waals surface area contributed by atoms with E-state index < -0.39 is 5.97 Å². The number of pyridine rings is 1. The predicted octanol–water partition coefficient (Wildman–Crippen LogP) is 5.91. The Kier molecular flexibility index (Phi) is 6.52. The monoisotopic (exact) mass is 452 g/mol. The van der Waals surface area contributed by atoms with Crippen LogP contribution in [0.1, 0.15) is 42.5 Å². The SMILES string of the molecule is O=C(COC(=O)c1cc(-c2cccc3ccccc23)nc2ccccc12)NCC1CCCCC1. The molecule has 1 N–H and O–H groups in total. The van der Waals surface area contributed by atoms with Crippen molar-refractivity contribution in [3.05, 3.63) is 78.4 Å². The highest BCUT2D eigenvalue weighted by atomic mass is 16.5. The maximum absolute atomic E-state index is 13.1. The van der Waals surface area contributed by atoms with E-state index in [4.69, 9.17) is 9.72 Å². The molecule has 5 rings (SSSR count). The number of esters is 1. The lowest BCUT2D eigenvalue weighted by molar-refractivity contribution is -0.124. The number of ether oxygens (including phenoxy) is 1. The molecule has 1 fully saturated rings. The highest BCUT2D eigenvalue weighted by Crippen LogP contribution is 2.30. The molecule has 34 heavy (non-hydrogen) atoms. The molecule has 0 aliphatic heterocycles. The molecule has 0 saturated heterocycles. The summed E-state index contributed by atoms with van der Waals surface area (Å²) < 4.78 is 5.44. The van der Waals surface area contributed by atoms with E-state index in [1.54, 1.807) is 6.07 Å². The van der Waals surface area contributed by atoms with Crippen LogP contribution < -0.4 is 5.32 Å². The summed E-state index contributed by atoms with van der Waals surface area (Å²) in [6, 6.07) is 23.4. The lowest BCUT2D eigenvalue weighted by atomic mass is 9.89. The third-order valence-electron chi connectivity index (χ3n) is 6.65. The van der Waals surface area contributed by atoms with Crippen LogP contribution in [-0.2, 0) is 9.53 Å². The van der Waals surface area contributed by atoms with Crippen molar-refractivity contribution >= 4 is 33.6 Å². The molecular weight excluding hydrogens is 424 g/mol. The maximum Gasteiger partial charge on any atom is 0.339 e. The number of carbonyl (C=O) groups is 2. The average Bonchev–Trinajstić information content (AvgIpc) is 2.90. The molecule has 1 aromatic heterocycles. The van der Waals surface area contributed by atoms with Gasteiger partial charge in [-0.1, -0.05) is 79.9 Å². The van der Waals surface area contributed by atoms with Gasteiger partial charge in [0.25, 0.3) is 5.91 Å². The summed E-state index contributed by atoms with van der Waals surface area (Å²) in [5.74, 6) is -0.250. The van der Waals surface area contributed by atoms with Crippen LogP contribution in [0.4, 0.5) is 0 Å². The fraction of sp³-hybridized carbons (Fsp3) is 0.276. The molecule has 4 aromatic rings. The van der Waals surface area contributed by atoms with Crippen LogP contribution in [0, 0.1) is 5.92 Å². The first-order valence-corrected chi connectivity index (χ1v) is 12.0. The zero-order valence-corrected chi connectivity index (χ0v) is 19.1. The van der Waals surface area contributed by atoms with E-state index >= 15 is 0 Å². The van der Waals surface area contributed by atoms with E-state index in [0.29, 0.717) is 34.6 Å². The second-order valence-electron chi connectivity index (χ2n) is 8.98. The van der Waals surface area contributed by atoms with Crippen LogP contribution >= 0.6 is 0 Å². The number of rotatable bonds is 6. The van der Waals surface area contributed by atoms with Gasteiger partial charge in [0.1, 0.15) is 0 Å². The number of nitrogens with one attached hydrogen (secondary N) is 1. The van der Waals surface area contributed by atoms with Crippen molar-refractivity contribution in [1.82, 2.24) is 10.3 Å². The van der Waals surface area contributed by atoms with Crippen LogP contribution in [0.3, 0.4) is 0 Å². The molecule has 0 spiro atoms. The lowest BCUT2D eigenvalue weighted by Gasteiger charge is -2.21. The topological polar surface area (TPSA) is 68.3 Å². The van der Waals surface area contributed by atoms with Crippen molar-refractivity contribution in [2.75, 3.05) is 13.2 Å². The zero-order valence-electron chi connectivity index (χ0n) is 19.1. The molecule has 1 heterocycles. The zero-order chi connectivity index (χ0) is 23.3. The second-order valence-corrected chi connectivity index (χ2v) is 8.98. The van der Waals surface area contributed by atoms with Crippen LogP contribution in [0.25, 0.3) is 32.9 Å². The minimum absolute atomic E-state index is 0.258. The van der Waals surface area contributed by atoms with Gasteiger partial charge in [-0.2, -0.15) is 0 Å². The van der Waals surface area contributed by atoms with Crippen LogP contribution in [-0.4, -0.2) is 30.0 Å². The minimum atomic E-state index is -0.520. The molecule has 172 valence electrons. The minimum Gasteiger partial charge on any atom is -0.452 e. The van der Waals surface area contributed by atoms with E-state index in [0.717, 1.165) is 29.2 Å². The third kappa shape index (κ3) is 4.79. The summed E-state index contributed by atoms with van der Waals surface area (Å²) in [5.41, 5.74) is 2.77. The molecule has 0 unspecified atom stereocenters. The third-order valence-corrected chi connectivity index (χ3v) is 6.65. The summed E-state index contributed by atoms with van der Waals surface area (Å²) >= 11 is 0. The normalized spacial score (nSPS) is 14.2. The number of fused-ring (bicyclic) bond motifs is 2. The van der Waals surface area contributed by atoms with Gasteiger partial charge >= 0.3 is 5.97 Å². The van der Waals surface area contributed by atoms with E-state index in [2.05, 4.69) is 23.5 Å². The highest BCUT2D eigenvalue weighted by Gasteiger charge is 2.18. The Morgan fingerprint density at radius 2 is 1.62 bits per heavy atom. The van der Waals surface area contributed by atoms with Crippen molar-refractivity contribution in [2.24, 2.45) is 5.92 Å². The summed E-state index contributed by atoms with van der Waals surface area (Å²) in [6.45, 7) is 0.367. The van der Waals surface area contributed by atoms with Gasteiger partial charge in [-0.25, -0.2) is 9.78 Å². The Balaban J connectivity index is 1.38. The Labute approximate surface area is 199 Å². The predicted molar refractivity (Wildman–Crippen MR) is 135 cm³/mol. The van der Waals surface area contributed by atoms with Gasteiger partial charge in [0.05, 0.1) is 16.8 Å². The van der Waals surface area contributed by atoms with Crippen molar-refractivity contribution in [1.29, 1.82) is 0 Å². The number of carbonyl (C=O) groups excluding carboxylic acids is 2. The van der Waals surface area contributed by atoms with Gasteiger partial charge in [0.15, 0.2) is 6.61 Å². The van der Waals surface area contributed by atoms with E-state index in [9.17, 15) is 9.59 Å². The van der Waals surface area contributed by atoms with E-state index in [1.165, 1.54) is 19.3 Å². The number of hydrogen-bond acceptors (Lipinski definition) is 4. The van der Waals surface area contributed by atoms with Gasteiger partial charge in [-0.3, -0.25) is 4.79 Å². The number of amides is 1. The largest absolute Gasteiger partial charge is 0.452 e. The molecule has 1 aliphatic rings. The van der Waals surface area contributed by atoms with E-state index in [1.807, 2.05) is 48.5 Å². The van der Waals surface area contributed by atoms with Crippen molar-refractivity contribution in [2.45, 2.75) is 32.1 Å². The van der Waals surface area contributed by atoms with Gasteiger partial charge in [-0.05, 0) is 41.7 Å². The summed E-state index contributed by atoms with van der Waals surface area (Å²) in [5, 5.41) is 5.80. The van der Waals surface area contributed by atoms with Crippen molar-refractivity contribution in [3.8, 4) is 11.3 Å². The summed E-state index contributed by atoms with van der Waals surface area (Å²) in [7, 11) is 0. The Morgan fingerprint density at radius 3 is 2.47 bits per heavy atom. The first kappa shape index (κ1) is 22.1. The quantitative estimate of drug-likeness (QED) is 0.369. The molecular formula is C29H28N2O3. The molecule has 5 heteroatoms. The molecule has 3 aromatic carbocycles. The lowest BCUT2D eigenvalue weighted by Crippen LogP contribution is -2.33. The van der Waals surface area contributed by atoms with Gasteiger partial charge in [-0.15, -0.1) is 0 Å². The molecule has 1 saturated carbocycles. The molecule has 1 aliphatic carbocycles. The summed E-state index contributed by atoms with van der Waals surface area (Å²) in [4.78, 5) is 30.2. The molecule has 1 amide bonds. The van der Waals surface area contributed by atoms with Gasteiger partial charge < -0.3 is 10.1 Å². The molecule has 5 nitrogen and oxygen atoms in total. The number of nitrogens with zero attached hydrogens (tertiary/aromatic N) is 1. The average molecular weight is 453 g/mol. The van der Waals surface area contributed by atoms with Crippen LogP contribution in [0.5, 0.6) is 0 Å². The number of hydrogen-bond donors (Lipinski definition) is 1. The van der Waals surface area contributed by atoms with Gasteiger partial charge in [0.2, 0.25) is 0 Å². The van der Waals surface area contributed by atoms with E-state index in [-0.39, 0.29) is 12.5 Å². The van der Waals surface area contributed by atoms with Crippen molar-refractivity contribution < 1.29 is 14.3 Å². The summed E-state index contributed by atoms with van der Waals surface area (Å²) in [6.07, 6.45) is 6.04. The Bertz CT molecular complexity index is 1340. The fourth-order valence-electron chi connectivity index (χ4n) is 4.84. The number of para-hydroxylation sites is 1. The maximum atomic E-state index is 13.1. The molecule has 0 radical (unpaired) electrons. The standard InChI is InChI=1S/C29H28N2O3/c32-28(30-18-20-9-2-1-3-10-20)19-34-29(33)25-17-27(31-26-16-7-6-14-24(25)26)23-15-8-12-21-11-4-5-13-22(21)23/h4-8,11-17,20H,1-3,9-10,18-19H2,(H,30,32). The molecule has 0 atom stereocenters. The highest BCUT2D eigenvalue weighted by molar-refractivity contribution is 6.06. The Morgan fingerprint density at radius 1 is 0.882 bits per heavy atom. The first-order valence-electron chi connectivity index (χ1n) is 12.0. The number of aromatic nitrogens is 1. The molecule has 0 bridgehead atoms. The first-order chi connectivity index (χ1) is 16.7. The number of benzene rings is 3. The second kappa shape index (κ2) is 10.0. The van der Waals surface area contributed by atoms with Crippen molar-refractivity contribution in [3.63, 3.8) is 0 Å². The Hall–Kier alpha value is -3.73.